The first-order chi connectivity index (χ1) is 9.49. The van der Waals surface area contributed by atoms with E-state index in [0.29, 0.717) is 6.54 Å². The molecule has 0 aliphatic rings. The summed E-state index contributed by atoms with van der Waals surface area (Å²) in [5.74, 6) is 0.0569. The molecule has 2 rings (SSSR count). The van der Waals surface area contributed by atoms with Crippen LogP contribution in [0.2, 0.25) is 0 Å². The van der Waals surface area contributed by atoms with Crippen LogP contribution in [-0.2, 0) is 6.54 Å². The monoisotopic (exact) mass is 288 g/mol. The Balaban J connectivity index is 2.14. The summed E-state index contributed by atoms with van der Waals surface area (Å²) in [5.41, 5.74) is 3.01. The van der Waals surface area contributed by atoms with Crippen molar-refractivity contribution < 1.29 is 4.79 Å². The molecule has 0 aliphatic heterocycles. The largest absolute Gasteiger partial charge is 0.378 e. The summed E-state index contributed by atoms with van der Waals surface area (Å²) in [4.78, 5) is 17.5. The van der Waals surface area contributed by atoms with Crippen LogP contribution in [0.15, 0.2) is 35.7 Å². The van der Waals surface area contributed by atoms with Gasteiger partial charge in [-0.1, -0.05) is 6.07 Å². The van der Waals surface area contributed by atoms with E-state index in [1.165, 1.54) is 10.4 Å². The van der Waals surface area contributed by atoms with Gasteiger partial charge in [0.2, 0.25) is 0 Å². The lowest BCUT2D eigenvalue weighted by atomic mass is 10.1. The molecule has 1 aromatic carbocycles. The topological polar surface area (TPSA) is 23.6 Å². The minimum absolute atomic E-state index is 0.0569. The average Bonchev–Trinajstić information content (AvgIpc) is 2.83. The highest BCUT2D eigenvalue weighted by Crippen LogP contribution is 2.19. The molecule has 1 amide bonds. The highest BCUT2D eigenvalue weighted by molar-refractivity contribution is 7.10. The van der Waals surface area contributed by atoms with E-state index in [4.69, 9.17) is 0 Å². The maximum absolute atomic E-state index is 12.5. The first-order valence-electron chi connectivity index (χ1n) is 6.55. The van der Waals surface area contributed by atoms with E-state index in [-0.39, 0.29) is 5.91 Å². The minimum atomic E-state index is 0.0569. The quantitative estimate of drug-likeness (QED) is 0.861. The third-order valence-electron chi connectivity index (χ3n) is 3.31. The molecule has 4 heteroatoms. The zero-order valence-corrected chi connectivity index (χ0v) is 13.2. The number of carbonyl (C=O) groups excluding carboxylic acids is 1. The highest BCUT2D eigenvalue weighted by Gasteiger charge is 2.14. The van der Waals surface area contributed by atoms with E-state index in [1.807, 2.05) is 50.3 Å². The number of amides is 1. The lowest BCUT2D eigenvalue weighted by Crippen LogP contribution is -2.26. The fraction of sp³-hybridized carbons (Fsp3) is 0.312. The lowest BCUT2D eigenvalue weighted by molar-refractivity contribution is 0.0786. The van der Waals surface area contributed by atoms with Gasteiger partial charge in [0, 0.05) is 37.3 Å². The van der Waals surface area contributed by atoms with Crippen LogP contribution in [0.1, 0.15) is 20.8 Å². The number of benzene rings is 1. The number of nitrogens with zero attached hydrogens (tertiary/aromatic N) is 2. The number of thiophene rings is 1. The molecule has 3 nitrogen and oxygen atoms in total. The van der Waals surface area contributed by atoms with E-state index >= 15 is 0 Å². The van der Waals surface area contributed by atoms with Crippen LogP contribution in [0.4, 0.5) is 5.69 Å². The second-order valence-electron chi connectivity index (χ2n) is 5.13. The fourth-order valence-corrected chi connectivity index (χ4v) is 2.95. The molecule has 0 bridgehead atoms. The van der Waals surface area contributed by atoms with Gasteiger partial charge in [0.05, 0.1) is 6.54 Å². The lowest BCUT2D eigenvalue weighted by Gasteiger charge is -2.19. The molecule has 0 N–H and O–H groups in total. The number of hydrogen-bond donors (Lipinski definition) is 0. The molecular formula is C16H20N2OS. The molecule has 0 unspecified atom stereocenters. The molecule has 0 atom stereocenters. The van der Waals surface area contributed by atoms with Crippen molar-refractivity contribution in [2.24, 2.45) is 0 Å². The Morgan fingerprint density at radius 2 is 1.95 bits per heavy atom. The van der Waals surface area contributed by atoms with Crippen molar-refractivity contribution in [3.05, 3.63) is 51.7 Å². The fourth-order valence-electron chi connectivity index (χ4n) is 1.99. The van der Waals surface area contributed by atoms with Gasteiger partial charge in [-0.15, -0.1) is 11.3 Å². The van der Waals surface area contributed by atoms with Crippen LogP contribution in [-0.4, -0.2) is 32.0 Å². The molecule has 106 valence electrons. The van der Waals surface area contributed by atoms with Gasteiger partial charge in [0.15, 0.2) is 0 Å². The molecule has 2 aromatic rings. The van der Waals surface area contributed by atoms with Crippen LogP contribution in [0.5, 0.6) is 0 Å². The van der Waals surface area contributed by atoms with Gasteiger partial charge in [-0.05, 0) is 42.1 Å². The zero-order chi connectivity index (χ0) is 14.7. The standard InChI is InChI=1S/C16H20N2OS/c1-12-8-9-20-15(12)11-18(4)16(19)13-6-5-7-14(10-13)17(2)3/h5-10H,11H2,1-4H3. The maximum atomic E-state index is 12.5. The van der Waals surface area contributed by atoms with E-state index in [2.05, 4.69) is 18.4 Å². The highest BCUT2D eigenvalue weighted by atomic mass is 32.1. The Hall–Kier alpha value is -1.81. The van der Waals surface area contributed by atoms with E-state index in [1.54, 1.807) is 16.2 Å². The van der Waals surface area contributed by atoms with Crippen molar-refractivity contribution in [3.8, 4) is 0 Å². The summed E-state index contributed by atoms with van der Waals surface area (Å²) >= 11 is 1.70. The number of anilines is 1. The summed E-state index contributed by atoms with van der Waals surface area (Å²) in [5, 5.41) is 2.07. The number of carbonyl (C=O) groups is 1. The van der Waals surface area contributed by atoms with Crippen LogP contribution in [0, 0.1) is 6.92 Å². The summed E-state index contributed by atoms with van der Waals surface area (Å²) in [6, 6.07) is 9.81. The second kappa shape index (κ2) is 6.09. The number of aryl methyl sites for hydroxylation is 1. The van der Waals surface area contributed by atoms with Crippen molar-refractivity contribution >= 4 is 22.9 Å². The Morgan fingerprint density at radius 3 is 2.55 bits per heavy atom. The van der Waals surface area contributed by atoms with E-state index in [0.717, 1.165) is 11.3 Å². The van der Waals surface area contributed by atoms with Crippen molar-refractivity contribution in [1.29, 1.82) is 0 Å². The maximum Gasteiger partial charge on any atom is 0.253 e. The summed E-state index contributed by atoms with van der Waals surface area (Å²) in [6.45, 7) is 2.74. The van der Waals surface area contributed by atoms with Crippen molar-refractivity contribution in [3.63, 3.8) is 0 Å². The Kier molecular flexibility index (Phi) is 4.45. The summed E-state index contributed by atoms with van der Waals surface area (Å²) in [6.07, 6.45) is 0. The molecule has 20 heavy (non-hydrogen) atoms. The average molecular weight is 288 g/mol. The molecule has 1 heterocycles. The van der Waals surface area contributed by atoms with Crippen molar-refractivity contribution in [1.82, 2.24) is 4.90 Å². The summed E-state index contributed by atoms with van der Waals surface area (Å²) in [7, 11) is 5.80. The van der Waals surface area contributed by atoms with E-state index < -0.39 is 0 Å². The van der Waals surface area contributed by atoms with Gasteiger partial charge in [-0.2, -0.15) is 0 Å². The molecule has 0 radical (unpaired) electrons. The zero-order valence-electron chi connectivity index (χ0n) is 12.4. The normalized spacial score (nSPS) is 10.4. The van der Waals surface area contributed by atoms with Gasteiger partial charge in [-0.3, -0.25) is 4.79 Å². The number of rotatable bonds is 4. The summed E-state index contributed by atoms with van der Waals surface area (Å²) < 4.78 is 0. The van der Waals surface area contributed by atoms with Gasteiger partial charge in [0.1, 0.15) is 0 Å². The molecular weight excluding hydrogens is 268 g/mol. The molecule has 0 fully saturated rings. The second-order valence-corrected chi connectivity index (χ2v) is 6.13. The van der Waals surface area contributed by atoms with Gasteiger partial charge >= 0.3 is 0 Å². The first kappa shape index (κ1) is 14.6. The first-order valence-corrected chi connectivity index (χ1v) is 7.43. The van der Waals surface area contributed by atoms with E-state index in [9.17, 15) is 4.79 Å². The van der Waals surface area contributed by atoms with Gasteiger partial charge in [0.25, 0.3) is 5.91 Å². The van der Waals surface area contributed by atoms with Crippen LogP contribution < -0.4 is 4.90 Å². The van der Waals surface area contributed by atoms with Gasteiger partial charge < -0.3 is 9.80 Å². The Labute approximate surface area is 124 Å². The predicted octanol–water partition coefficient (Wildman–Crippen LogP) is 3.39. The third kappa shape index (κ3) is 3.20. The Morgan fingerprint density at radius 1 is 1.20 bits per heavy atom. The predicted molar refractivity (Wildman–Crippen MR) is 85.6 cm³/mol. The van der Waals surface area contributed by atoms with Gasteiger partial charge in [-0.25, -0.2) is 0 Å². The van der Waals surface area contributed by atoms with Crippen molar-refractivity contribution in [2.45, 2.75) is 13.5 Å². The van der Waals surface area contributed by atoms with Crippen molar-refractivity contribution in [2.75, 3.05) is 26.0 Å². The van der Waals surface area contributed by atoms with Crippen LogP contribution in [0.3, 0.4) is 0 Å². The number of hydrogen-bond acceptors (Lipinski definition) is 3. The van der Waals surface area contributed by atoms with Crippen LogP contribution in [0.25, 0.3) is 0 Å². The van der Waals surface area contributed by atoms with Crippen LogP contribution >= 0.6 is 11.3 Å². The molecule has 0 spiro atoms. The minimum Gasteiger partial charge on any atom is -0.378 e. The molecule has 0 saturated heterocycles. The molecule has 0 saturated carbocycles. The SMILES string of the molecule is Cc1ccsc1CN(C)C(=O)c1cccc(N(C)C)c1. The smallest absolute Gasteiger partial charge is 0.253 e. The molecule has 0 aliphatic carbocycles. The molecule has 1 aromatic heterocycles. The Bertz CT molecular complexity index is 604. The third-order valence-corrected chi connectivity index (χ3v) is 4.31.